The van der Waals surface area contributed by atoms with Gasteiger partial charge in [-0.15, -0.1) is 45.5 Å². The van der Waals surface area contributed by atoms with Crippen LogP contribution in [0.4, 0.5) is 4.39 Å². The summed E-state index contributed by atoms with van der Waals surface area (Å²) in [5.74, 6) is 2.15. The maximum absolute atomic E-state index is 13.9. The molecule has 0 spiro atoms. The fourth-order valence-corrected chi connectivity index (χ4v) is 3.34. The maximum Gasteiger partial charge on any atom is 0.192 e. The van der Waals surface area contributed by atoms with E-state index in [-0.39, 0.29) is 41.6 Å². The van der Waals surface area contributed by atoms with Crippen molar-refractivity contribution in [2.24, 2.45) is 12.0 Å². The molecule has 10 heteroatoms. The van der Waals surface area contributed by atoms with Crippen molar-refractivity contribution in [2.75, 3.05) is 6.54 Å². The van der Waals surface area contributed by atoms with Crippen molar-refractivity contribution in [3.8, 4) is 5.75 Å². The third-order valence-electron chi connectivity index (χ3n) is 4.65. The fourth-order valence-electron chi connectivity index (χ4n) is 2.70. The van der Waals surface area contributed by atoms with Crippen LogP contribution in [0, 0.1) is 12.7 Å². The van der Waals surface area contributed by atoms with Crippen LogP contribution in [0.3, 0.4) is 0 Å². The van der Waals surface area contributed by atoms with Crippen molar-refractivity contribution in [2.45, 2.75) is 39.5 Å². The summed E-state index contributed by atoms with van der Waals surface area (Å²) < 4.78 is 21.7. The first kappa shape index (κ1) is 25.1. The summed E-state index contributed by atoms with van der Waals surface area (Å²) in [7, 11) is 1.92. The molecule has 2 aromatic heterocycles. The van der Waals surface area contributed by atoms with Crippen molar-refractivity contribution in [3.63, 3.8) is 0 Å². The Morgan fingerprint density at radius 3 is 2.68 bits per heavy atom. The van der Waals surface area contributed by atoms with Crippen LogP contribution in [0.1, 0.15) is 29.9 Å². The molecule has 0 bridgehead atoms. The Kier molecular flexibility index (Phi) is 10.2. The minimum atomic E-state index is -0.363. The summed E-state index contributed by atoms with van der Waals surface area (Å²) in [6.07, 6.45) is 0.523. The predicted octanol–water partition coefficient (Wildman–Crippen LogP) is 4.04. The number of nitrogens with zero attached hydrogens (tertiary/aromatic N) is 4. The van der Waals surface area contributed by atoms with E-state index in [0.29, 0.717) is 25.6 Å². The van der Waals surface area contributed by atoms with E-state index in [1.807, 2.05) is 36.9 Å². The van der Waals surface area contributed by atoms with Gasteiger partial charge in [-0.3, -0.25) is 0 Å². The van der Waals surface area contributed by atoms with E-state index in [1.54, 1.807) is 29.5 Å². The Labute approximate surface area is 203 Å². The van der Waals surface area contributed by atoms with Gasteiger partial charge in [0.2, 0.25) is 0 Å². The van der Waals surface area contributed by atoms with Crippen molar-refractivity contribution >= 4 is 41.3 Å². The normalized spacial score (nSPS) is 12.2. The average Bonchev–Trinajstić information content (AvgIpc) is 3.38. The number of hydrogen-bond acceptors (Lipinski definition) is 5. The molecular weight excluding hydrogens is 530 g/mol. The van der Waals surface area contributed by atoms with Crippen LogP contribution in [0.5, 0.6) is 5.75 Å². The summed E-state index contributed by atoms with van der Waals surface area (Å²) in [5.41, 5.74) is 0. The highest BCUT2D eigenvalue weighted by atomic mass is 127. The molecular formula is C21H28FIN6OS. The number of thiophene rings is 1. The third kappa shape index (κ3) is 7.46. The molecule has 168 valence electrons. The van der Waals surface area contributed by atoms with Gasteiger partial charge in [0.15, 0.2) is 23.4 Å². The molecule has 0 saturated heterocycles. The monoisotopic (exact) mass is 558 g/mol. The summed E-state index contributed by atoms with van der Waals surface area (Å²) in [6.45, 7) is 5.44. The number of hydrogen-bond donors (Lipinski definition) is 2. The lowest BCUT2D eigenvalue weighted by Crippen LogP contribution is -2.42. The van der Waals surface area contributed by atoms with Gasteiger partial charge in [0, 0.05) is 11.9 Å². The molecule has 2 N–H and O–H groups in total. The van der Waals surface area contributed by atoms with Crippen molar-refractivity contribution in [1.29, 1.82) is 0 Å². The lowest BCUT2D eigenvalue weighted by atomic mass is 10.2. The molecule has 0 amide bonds. The standard InChI is InChI=1S/C21H27FN6OS.HI/c1-4-16(29-19-10-6-5-9-18(19)22)12-23-21(24-13-17-8-7-11-30-17)25-14-20-27-26-15(2)28(20)3;/h5-11,16H,4,12-14H2,1-3H3,(H2,23,24,25);1H. The summed E-state index contributed by atoms with van der Waals surface area (Å²) in [5, 5.41) is 16.9. The Hall–Kier alpha value is -2.21. The Balaban J connectivity index is 0.00000341. The van der Waals surface area contributed by atoms with Crippen molar-refractivity contribution in [1.82, 2.24) is 25.4 Å². The number of aromatic nitrogens is 3. The van der Waals surface area contributed by atoms with E-state index in [9.17, 15) is 4.39 Å². The molecule has 1 unspecified atom stereocenters. The van der Waals surface area contributed by atoms with Crippen LogP contribution in [0.2, 0.25) is 0 Å². The summed E-state index contributed by atoms with van der Waals surface area (Å²) in [4.78, 5) is 5.85. The van der Waals surface area contributed by atoms with Gasteiger partial charge in [0.1, 0.15) is 18.5 Å². The predicted molar refractivity (Wildman–Crippen MR) is 133 cm³/mol. The zero-order chi connectivity index (χ0) is 21.3. The highest BCUT2D eigenvalue weighted by molar-refractivity contribution is 14.0. The first-order chi connectivity index (χ1) is 14.6. The van der Waals surface area contributed by atoms with Gasteiger partial charge in [-0.25, -0.2) is 9.38 Å². The van der Waals surface area contributed by atoms with Crippen LogP contribution in [-0.4, -0.2) is 33.4 Å². The molecule has 0 aliphatic heterocycles. The van der Waals surface area contributed by atoms with Gasteiger partial charge in [-0.05, 0) is 36.9 Å². The first-order valence-electron chi connectivity index (χ1n) is 9.87. The quantitative estimate of drug-likeness (QED) is 0.236. The molecule has 0 radical (unpaired) electrons. The molecule has 2 heterocycles. The minimum absolute atomic E-state index is 0. The van der Waals surface area contributed by atoms with E-state index in [2.05, 4.69) is 31.9 Å². The summed E-state index contributed by atoms with van der Waals surface area (Å²) >= 11 is 1.68. The van der Waals surface area contributed by atoms with E-state index in [4.69, 9.17) is 4.74 Å². The lowest BCUT2D eigenvalue weighted by Gasteiger charge is -2.20. The summed E-state index contributed by atoms with van der Waals surface area (Å²) in [6, 6.07) is 10.5. The van der Waals surface area contributed by atoms with Gasteiger partial charge in [0.05, 0.1) is 13.1 Å². The van der Waals surface area contributed by atoms with Crippen LogP contribution < -0.4 is 15.4 Å². The molecule has 3 aromatic rings. The van der Waals surface area contributed by atoms with E-state index in [1.165, 1.54) is 10.9 Å². The van der Waals surface area contributed by atoms with Gasteiger partial charge in [0.25, 0.3) is 0 Å². The van der Waals surface area contributed by atoms with Crippen LogP contribution in [-0.2, 0) is 20.1 Å². The smallest absolute Gasteiger partial charge is 0.192 e. The van der Waals surface area contributed by atoms with Crippen molar-refractivity contribution in [3.05, 3.63) is 64.1 Å². The van der Waals surface area contributed by atoms with Gasteiger partial charge in [-0.2, -0.15) is 0 Å². The molecule has 1 aromatic carbocycles. The highest BCUT2D eigenvalue weighted by Crippen LogP contribution is 2.17. The van der Waals surface area contributed by atoms with Gasteiger partial charge in [-0.1, -0.05) is 25.1 Å². The molecule has 0 aliphatic carbocycles. The topological polar surface area (TPSA) is 76.4 Å². The van der Waals surface area contributed by atoms with Crippen LogP contribution >= 0.6 is 35.3 Å². The minimum Gasteiger partial charge on any atom is -0.486 e. The molecule has 3 rings (SSSR count). The van der Waals surface area contributed by atoms with Gasteiger partial charge >= 0.3 is 0 Å². The number of ether oxygens (including phenoxy) is 1. The maximum atomic E-state index is 13.9. The van der Waals surface area contributed by atoms with Crippen LogP contribution in [0.15, 0.2) is 46.8 Å². The second-order valence-electron chi connectivity index (χ2n) is 6.78. The zero-order valence-corrected chi connectivity index (χ0v) is 21.0. The Bertz CT molecular complexity index is 963. The molecule has 1 atom stereocenters. The SMILES string of the molecule is CCC(CNC(=NCc1nnc(C)n1C)NCc1cccs1)Oc1ccccc1F.I. The number of rotatable bonds is 9. The average molecular weight is 558 g/mol. The second kappa shape index (κ2) is 12.6. The molecule has 7 nitrogen and oxygen atoms in total. The Morgan fingerprint density at radius 2 is 2.03 bits per heavy atom. The third-order valence-corrected chi connectivity index (χ3v) is 5.53. The zero-order valence-electron chi connectivity index (χ0n) is 17.8. The molecule has 0 saturated carbocycles. The Morgan fingerprint density at radius 1 is 1.23 bits per heavy atom. The number of nitrogens with one attached hydrogen (secondary N) is 2. The largest absolute Gasteiger partial charge is 0.486 e. The van der Waals surface area contributed by atoms with E-state index >= 15 is 0 Å². The first-order valence-corrected chi connectivity index (χ1v) is 10.8. The van der Waals surface area contributed by atoms with E-state index < -0.39 is 0 Å². The number of halogens is 2. The number of aliphatic imine (C=N–C) groups is 1. The second-order valence-corrected chi connectivity index (χ2v) is 7.81. The molecule has 0 aliphatic rings. The van der Waals surface area contributed by atoms with Crippen molar-refractivity contribution < 1.29 is 9.13 Å². The van der Waals surface area contributed by atoms with Crippen LogP contribution in [0.25, 0.3) is 0 Å². The fraction of sp³-hybridized carbons (Fsp3) is 0.381. The number of guanidine groups is 1. The van der Waals surface area contributed by atoms with Gasteiger partial charge < -0.3 is 19.9 Å². The molecule has 0 fully saturated rings. The number of aryl methyl sites for hydroxylation is 1. The lowest BCUT2D eigenvalue weighted by molar-refractivity contribution is 0.191. The highest BCUT2D eigenvalue weighted by Gasteiger charge is 2.13. The number of para-hydroxylation sites is 1. The van der Waals surface area contributed by atoms with E-state index in [0.717, 1.165) is 18.1 Å². The number of benzene rings is 1. The molecule has 31 heavy (non-hydrogen) atoms.